The van der Waals surface area contributed by atoms with Crippen LogP contribution >= 0.6 is 23.4 Å². The number of nitrogens with one attached hydrogen (secondary N) is 1. The summed E-state index contributed by atoms with van der Waals surface area (Å²) in [6.45, 7) is 1.18. The zero-order valence-electron chi connectivity index (χ0n) is 11.0. The van der Waals surface area contributed by atoms with Crippen LogP contribution in [0.5, 0.6) is 0 Å². The molecule has 1 aromatic carbocycles. The minimum atomic E-state index is 0.461. The van der Waals surface area contributed by atoms with E-state index in [0.717, 1.165) is 11.4 Å². The van der Waals surface area contributed by atoms with Crippen LogP contribution in [0.4, 0.5) is 0 Å². The van der Waals surface area contributed by atoms with Crippen molar-refractivity contribution >= 4 is 23.4 Å². The molecule has 0 bridgehead atoms. The van der Waals surface area contributed by atoms with Gasteiger partial charge in [0.2, 0.25) is 0 Å². The lowest BCUT2D eigenvalue weighted by atomic mass is 9.99. The molecular formula is C14H21ClN2S. The molecule has 4 heteroatoms. The van der Waals surface area contributed by atoms with Gasteiger partial charge in [0, 0.05) is 35.2 Å². The van der Waals surface area contributed by atoms with Gasteiger partial charge in [-0.1, -0.05) is 29.8 Å². The van der Waals surface area contributed by atoms with Crippen LogP contribution in [-0.2, 0) is 6.42 Å². The second-order valence-electron chi connectivity index (χ2n) is 4.81. The number of likely N-dealkylation sites (N-methyl/N-ethyl adjacent to an activating group) is 2. The Labute approximate surface area is 119 Å². The molecule has 2 rings (SSSR count). The molecule has 0 spiro atoms. The molecule has 0 saturated carbocycles. The molecule has 1 aliphatic heterocycles. The lowest BCUT2D eigenvalue weighted by molar-refractivity contribution is 0.219. The van der Waals surface area contributed by atoms with E-state index in [2.05, 4.69) is 48.2 Å². The Hall–Kier alpha value is -0.220. The first-order chi connectivity index (χ1) is 8.72. The summed E-state index contributed by atoms with van der Waals surface area (Å²) in [5.41, 5.74) is 1.24. The molecule has 1 fully saturated rings. The molecule has 18 heavy (non-hydrogen) atoms. The Morgan fingerprint density at radius 2 is 2.28 bits per heavy atom. The predicted octanol–water partition coefficient (Wildman–Crippen LogP) is 2.52. The highest BCUT2D eigenvalue weighted by Gasteiger charge is 2.27. The third kappa shape index (κ3) is 3.41. The maximum atomic E-state index is 6.25. The van der Waals surface area contributed by atoms with Gasteiger partial charge in [0.15, 0.2) is 0 Å². The van der Waals surface area contributed by atoms with Crippen molar-refractivity contribution in [1.82, 2.24) is 10.2 Å². The van der Waals surface area contributed by atoms with E-state index >= 15 is 0 Å². The van der Waals surface area contributed by atoms with Crippen molar-refractivity contribution in [2.45, 2.75) is 18.5 Å². The summed E-state index contributed by atoms with van der Waals surface area (Å²) in [5.74, 6) is 2.45. The molecule has 2 unspecified atom stereocenters. The fourth-order valence-corrected chi connectivity index (χ4v) is 3.99. The van der Waals surface area contributed by atoms with E-state index < -0.39 is 0 Å². The maximum absolute atomic E-state index is 6.25. The minimum Gasteiger partial charge on any atom is -0.315 e. The van der Waals surface area contributed by atoms with Crippen molar-refractivity contribution in [3.8, 4) is 0 Å². The van der Waals surface area contributed by atoms with E-state index in [1.807, 2.05) is 12.1 Å². The molecule has 2 nitrogen and oxygen atoms in total. The summed E-state index contributed by atoms with van der Waals surface area (Å²) in [4.78, 5) is 2.47. The minimum absolute atomic E-state index is 0.461. The van der Waals surface area contributed by atoms with E-state index in [1.165, 1.54) is 23.6 Å². The molecule has 0 radical (unpaired) electrons. The van der Waals surface area contributed by atoms with Crippen molar-refractivity contribution in [3.05, 3.63) is 34.9 Å². The smallest absolute Gasteiger partial charge is 0.0438 e. The highest BCUT2D eigenvalue weighted by atomic mass is 35.5. The van der Waals surface area contributed by atoms with Gasteiger partial charge in [-0.05, 0) is 32.1 Å². The Morgan fingerprint density at radius 1 is 1.50 bits per heavy atom. The van der Waals surface area contributed by atoms with E-state index in [-0.39, 0.29) is 0 Å². The van der Waals surface area contributed by atoms with Crippen molar-refractivity contribution < 1.29 is 0 Å². The van der Waals surface area contributed by atoms with Crippen LogP contribution in [0.15, 0.2) is 24.3 Å². The van der Waals surface area contributed by atoms with E-state index in [9.17, 15) is 0 Å². The molecule has 2 atom stereocenters. The van der Waals surface area contributed by atoms with Gasteiger partial charge in [0.25, 0.3) is 0 Å². The third-order valence-electron chi connectivity index (χ3n) is 3.68. The summed E-state index contributed by atoms with van der Waals surface area (Å²) >= 11 is 8.30. The monoisotopic (exact) mass is 284 g/mol. The normalized spacial score (nSPS) is 22.9. The maximum Gasteiger partial charge on any atom is 0.0438 e. The zero-order valence-corrected chi connectivity index (χ0v) is 12.6. The lowest BCUT2D eigenvalue weighted by Crippen LogP contribution is -2.52. The first kappa shape index (κ1) is 14.2. The average molecular weight is 285 g/mol. The number of rotatable bonds is 4. The Balaban J connectivity index is 2.07. The van der Waals surface area contributed by atoms with E-state index in [4.69, 9.17) is 11.6 Å². The molecule has 0 aliphatic carbocycles. The quantitative estimate of drug-likeness (QED) is 0.915. The molecule has 0 aromatic heterocycles. The summed E-state index contributed by atoms with van der Waals surface area (Å²) in [6.07, 6.45) is 0.992. The molecule has 1 heterocycles. The highest BCUT2D eigenvalue weighted by Crippen LogP contribution is 2.22. The van der Waals surface area contributed by atoms with Gasteiger partial charge < -0.3 is 10.2 Å². The first-order valence-corrected chi connectivity index (χ1v) is 7.94. The molecule has 1 saturated heterocycles. The van der Waals surface area contributed by atoms with Crippen LogP contribution in [0.25, 0.3) is 0 Å². The van der Waals surface area contributed by atoms with Gasteiger partial charge in [-0.15, -0.1) is 0 Å². The molecule has 1 aliphatic rings. The SMILES string of the molecule is CNC(Cc1ccccc1Cl)C1CSCCN1C. The lowest BCUT2D eigenvalue weighted by Gasteiger charge is -2.37. The van der Waals surface area contributed by atoms with Gasteiger partial charge in [-0.25, -0.2) is 0 Å². The van der Waals surface area contributed by atoms with Crippen molar-refractivity contribution in [2.75, 3.05) is 32.1 Å². The average Bonchev–Trinajstić information content (AvgIpc) is 2.39. The summed E-state index contributed by atoms with van der Waals surface area (Å²) in [7, 11) is 4.27. The Bertz CT molecular complexity index is 386. The van der Waals surface area contributed by atoms with Crippen LogP contribution in [0.1, 0.15) is 5.56 Å². The Morgan fingerprint density at radius 3 is 2.94 bits per heavy atom. The first-order valence-electron chi connectivity index (χ1n) is 6.41. The van der Waals surface area contributed by atoms with Gasteiger partial charge >= 0.3 is 0 Å². The number of nitrogens with zero attached hydrogens (tertiary/aromatic N) is 1. The van der Waals surface area contributed by atoms with Crippen LogP contribution in [-0.4, -0.2) is 49.1 Å². The molecule has 0 amide bonds. The van der Waals surface area contributed by atoms with Gasteiger partial charge in [-0.2, -0.15) is 11.8 Å². The summed E-state index contributed by atoms with van der Waals surface area (Å²) in [6, 6.07) is 9.20. The summed E-state index contributed by atoms with van der Waals surface area (Å²) < 4.78 is 0. The number of hydrogen-bond acceptors (Lipinski definition) is 3. The molecule has 1 aromatic rings. The molecular weight excluding hydrogens is 264 g/mol. The second-order valence-corrected chi connectivity index (χ2v) is 6.37. The van der Waals surface area contributed by atoms with Crippen molar-refractivity contribution in [3.63, 3.8) is 0 Å². The van der Waals surface area contributed by atoms with Crippen LogP contribution in [0.3, 0.4) is 0 Å². The largest absolute Gasteiger partial charge is 0.315 e. The van der Waals surface area contributed by atoms with Gasteiger partial charge in [0.05, 0.1) is 0 Å². The number of benzene rings is 1. The molecule has 1 N–H and O–H groups in total. The number of thioether (sulfide) groups is 1. The third-order valence-corrected chi connectivity index (χ3v) is 5.09. The van der Waals surface area contributed by atoms with Crippen LogP contribution in [0.2, 0.25) is 5.02 Å². The van der Waals surface area contributed by atoms with Crippen LogP contribution < -0.4 is 5.32 Å². The zero-order chi connectivity index (χ0) is 13.0. The predicted molar refractivity (Wildman–Crippen MR) is 81.7 cm³/mol. The van der Waals surface area contributed by atoms with Crippen molar-refractivity contribution in [1.29, 1.82) is 0 Å². The number of halogens is 1. The number of hydrogen-bond donors (Lipinski definition) is 1. The van der Waals surface area contributed by atoms with Gasteiger partial charge in [-0.3, -0.25) is 0 Å². The fraction of sp³-hybridized carbons (Fsp3) is 0.571. The summed E-state index contributed by atoms with van der Waals surface area (Å²) in [5, 5.41) is 4.34. The van der Waals surface area contributed by atoms with Crippen LogP contribution in [0, 0.1) is 0 Å². The Kier molecular flexibility index (Phi) is 5.37. The fourth-order valence-electron chi connectivity index (χ4n) is 2.46. The van der Waals surface area contributed by atoms with E-state index in [1.54, 1.807) is 0 Å². The van der Waals surface area contributed by atoms with Gasteiger partial charge in [0.1, 0.15) is 0 Å². The highest BCUT2D eigenvalue weighted by molar-refractivity contribution is 7.99. The topological polar surface area (TPSA) is 15.3 Å². The standard InChI is InChI=1S/C14H21ClN2S/c1-16-13(14-10-18-8-7-17(14)2)9-11-5-3-4-6-12(11)15/h3-6,13-14,16H,7-10H2,1-2H3. The van der Waals surface area contributed by atoms with Crippen molar-refractivity contribution in [2.24, 2.45) is 0 Å². The van der Waals surface area contributed by atoms with E-state index in [0.29, 0.717) is 12.1 Å². The second kappa shape index (κ2) is 6.80. The molecule has 100 valence electrons.